The van der Waals surface area contributed by atoms with E-state index in [9.17, 15) is 21.6 Å². The SMILES string of the molecule is Cc1ncc(S(=O)(=O)NCC(O)C(F)(F)F)s1. The minimum atomic E-state index is -4.86. The number of aryl methyl sites for hydroxylation is 1. The molecule has 0 aliphatic heterocycles. The van der Waals surface area contributed by atoms with Gasteiger partial charge in [-0.15, -0.1) is 11.3 Å². The molecule has 17 heavy (non-hydrogen) atoms. The molecule has 10 heteroatoms. The maximum atomic E-state index is 11.9. The van der Waals surface area contributed by atoms with Crippen LogP contribution in [-0.2, 0) is 10.0 Å². The van der Waals surface area contributed by atoms with Crippen molar-refractivity contribution in [2.75, 3.05) is 6.54 Å². The van der Waals surface area contributed by atoms with Gasteiger partial charge in [-0.3, -0.25) is 0 Å². The standard InChI is InChI=1S/C7H9F3N2O3S2/c1-4-11-3-6(16-4)17(14,15)12-2-5(13)7(8,9)10/h3,5,12-13H,2H2,1H3. The van der Waals surface area contributed by atoms with Crippen LogP contribution in [0.4, 0.5) is 13.2 Å². The molecule has 0 aliphatic rings. The molecule has 98 valence electrons. The number of sulfonamides is 1. The van der Waals surface area contributed by atoms with E-state index in [-0.39, 0.29) is 4.21 Å². The topological polar surface area (TPSA) is 79.3 Å². The van der Waals surface area contributed by atoms with Gasteiger partial charge in [-0.25, -0.2) is 18.1 Å². The highest BCUT2D eigenvalue weighted by molar-refractivity contribution is 7.91. The molecule has 0 fully saturated rings. The van der Waals surface area contributed by atoms with Gasteiger partial charge in [0.1, 0.15) is 0 Å². The number of aliphatic hydroxyl groups is 1. The third-order valence-electron chi connectivity index (χ3n) is 1.71. The monoisotopic (exact) mass is 290 g/mol. The van der Waals surface area contributed by atoms with Crippen molar-refractivity contribution in [2.24, 2.45) is 0 Å². The molecule has 1 rings (SSSR count). The first kappa shape index (κ1) is 14.4. The fourth-order valence-corrected chi connectivity index (χ4v) is 3.03. The van der Waals surface area contributed by atoms with Crippen LogP contribution in [0.15, 0.2) is 10.4 Å². The first-order valence-electron chi connectivity index (χ1n) is 4.30. The van der Waals surface area contributed by atoms with E-state index in [1.807, 2.05) is 0 Å². The normalized spacial score (nSPS) is 14.9. The second-order valence-corrected chi connectivity index (χ2v) is 6.34. The van der Waals surface area contributed by atoms with Crippen LogP contribution < -0.4 is 4.72 Å². The Morgan fingerprint density at radius 2 is 2.18 bits per heavy atom. The molecular formula is C7H9F3N2O3S2. The quantitative estimate of drug-likeness (QED) is 0.853. The predicted octanol–water partition coefficient (Wildman–Crippen LogP) is 0.653. The Hall–Kier alpha value is -0.710. The van der Waals surface area contributed by atoms with Gasteiger partial charge in [-0.1, -0.05) is 0 Å². The van der Waals surface area contributed by atoms with Gasteiger partial charge in [0.2, 0.25) is 0 Å². The molecule has 1 unspecified atom stereocenters. The van der Waals surface area contributed by atoms with Gasteiger partial charge < -0.3 is 5.11 Å². The van der Waals surface area contributed by atoms with Crippen LogP contribution in [0.25, 0.3) is 0 Å². The van der Waals surface area contributed by atoms with Crippen molar-refractivity contribution < 1.29 is 26.7 Å². The van der Waals surface area contributed by atoms with Gasteiger partial charge in [0.15, 0.2) is 10.3 Å². The summed E-state index contributed by atoms with van der Waals surface area (Å²) in [6, 6.07) is 0. The average Bonchev–Trinajstić information content (AvgIpc) is 2.60. The van der Waals surface area contributed by atoms with Crippen LogP contribution in [0.2, 0.25) is 0 Å². The molecule has 0 spiro atoms. The highest BCUT2D eigenvalue weighted by atomic mass is 32.2. The van der Waals surface area contributed by atoms with Crippen LogP contribution in [0.1, 0.15) is 5.01 Å². The minimum Gasteiger partial charge on any atom is -0.382 e. The van der Waals surface area contributed by atoms with Gasteiger partial charge in [0, 0.05) is 6.54 Å². The number of hydrogen-bond donors (Lipinski definition) is 2. The van der Waals surface area contributed by atoms with Crippen molar-refractivity contribution in [1.29, 1.82) is 0 Å². The molecule has 1 aromatic rings. The Kier molecular flexibility index (Phi) is 4.12. The lowest BCUT2D eigenvalue weighted by molar-refractivity contribution is -0.200. The number of hydrogen-bond acceptors (Lipinski definition) is 5. The Balaban J connectivity index is 2.69. The van der Waals surface area contributed by atoms with E-state index in [2.05, 4.69) is 4.98 Å². The molecule has 0 amide bonds. The minimum absolute atomic E-state index is 0.190. The van der Waals surface area contributed by atoms with E-state index in [1.165, 1.54) is 0 Å². The zero-order valence-electron chi connectivity index (χ0n) is 8.52. The lowest BCUT2D eigenvalue weighted by atomic mass is 10.4. The van der Waals surface area contributed by atoms with Crippen LogP contribution in [0, 0.1) is 6.92 Å². The van der Waals surface area contributed by atoms with Crippen LogP contribution in [0.3, 0.4) is 0 Å². The molecule has 1 heterocycles. The van der Waals surface area contributed by atoms with Crippen molar-refractivity contribution >= 4 is 21.4 Å². The molecule has 1 aromatic heterocycles. The molecule has 0 aromatic carbocycles. The van der Waals surface area contributed by atoms with Gasteiger partial charge in [0.25, 0.3) is 10.0 Å². The largest absolute Gasteiger partial charge is 0.415 e. The van der Waals surface area contributed by atoms with E-state index < -0.39 is 28.8 Å². The summed E-state index contributed by atoms with van der Waals surface area (Å²) in [6.45, 7) is 0.441. The number of aromatic nitrogens is 1. The van der Waals surface area contributed by atoms with Crippen molar-refractivity contribution in [1.82, 2.24) is 9.71 Å². The summed E-state index contributed by atoms with van der Waals surface area (Å²) >= 11 is 0.829. The number of aliphatic hydroxyl groups excluding tert-OH is 1. The Bertz CT molecular complexity index is 483. The van der Waals surface area contributed by atoms with Gasteiger partial charge in [0.05, 0.1) is 11.2 Å². The lowest BCUT2D eigenvalue weighted by Gasteiger charge is -2.14. The summed E-state index contributed by atoms with van der Waals surface area (Å²) in [5.74, 6) is 0. The Morgan fingerprint density at radius 3 is 2.59 bits per heavy atom. The zero-order chi connectivity index (χ0) is 13.3. The fraction of sp³-hybridized carbons (Fsp3) is 0.571. The van der Waals surface area contributed by atoms with Crippen molar-refractivity contribution in [3.8, 4) is 0 Å². The molecular weight excluding hydrogens is 281 g/mol. The lowest BCUT2D eigenvalue weighted by Crippen LogP contribution is -2.40. The summed E-state index contributed by atoms with van der Waals surface area (Å²) in [4.78, 5) is 3.67. The number of alkyl halides is 3. The van der Waals surface area contributed by atoms with Gasteiger partial charge >= 0.3 is 6.18 Å². The van der Waals surface area contributed by atoms with Gasteiger partial charge in [-0.2, -0.15) is 13.2 Å². The summed E-state index contributed by atoms with van der Waals surface area (Å²) in [7, 11) is -4.05. The first-order valence-corrected chi connectivity index (χ1v) is 6.60. The third-order valence-corrected chi connectivity index (χ3v) is 4.51. The molecule has 0 aliphatic carbocycles. The molecule has 0 saturated carbocycles. The number of nitrogens with one attached hydrogen (secondary N) is 1. The smallest absolute Gasteiger partial charge is 0.382 e. The van der Waals surface area contributed by atoms with E-state index in [0.29, 0.717) is 5.01 Å². The molecule has 0 radical (unpaired) electrons. The van der Waals surface area contributed by atoms with Crippen LogP contribution >= 0.6 is 11.3 Å². The highest BCUT2D eigenvalue weighted by Gasteiger charge is 2.38. The molecule has 2 N–H and O–H groups in total. The fourth-order valence-electron chi connectivity index (χ4n) is 0.842. The molecule has 0 bridgehead atoms. The van der Waals surface area contributed by atoms with E-state index in [4.69, 9.17) is 5.11 Å². The van der Waals surface area contributed by atoms with Crippen molar-refractivity contribution in [3.63, 3.8) is 0 Å². The summed E-state index contributed by atoms with van der Waals surface area (Å²) in [6.07, 6.45) is -6.54. The Labute approximate surface area is 99.4 Å². The molecule has 1 atom stereocenters. The van der Waals surface area contributed by atoms with E-state index in [0.717, 1.165) is 17.5 Å². The summed E-state index contributed by atoms with van der Waals surface area (Å²) < 4.78 is 60.2. The van der Waals surface area contributed by atoms with E-state index >= 15 is 0 Å². The second-order valence-electron chi connectivity index (χ2n) is 3.11. The first-order chi connectivity index (χ1) is 7.63. The number of rotatable bonds is 4. The molecule has 5 nitrogen and oxygen atoms in total. The van der Waals surface area contributed by atoms with Crippen LogP contribution in [-0.4, -0.2) is 37.3 Å². The van der Waals surface area contributed by atoms with Crippen LogP contribution in [0.5, 0.6) is 0 Å². The summed E-state index contributed by atoms with van der Waals surface area (Å²) in [5.41, 5.74) is 0. The third kappa shape index (κ3) is 3.91. The van der Waals surface area contributed by atoms with E-state index in [1.54, 1.807) is 11.6 Å². The highest BCUT2D eigenvalue weighted by Crippen LogP contribution is 2.21. The maximum Gasteiger partial charge on any atom is 0.415 e. The van der Waals surface area contributed by atoms with Gasteiger partial charge in [-0.05, 0) is 6.92 Å². The predicted molar refractivity (Wildman–Crippen MR) is 54.1 cm³/mol. The molecule has 0 saturated heterocycles. The Morgan fingerprint density at radius 1 is 1.59 bits per heavy atom. The second kappa shape index (κ2) is 4.88. The number of thiazole rings is 1. The summed E-state index contributed by atoms with van der Waals surface area (Å²) in [5, 5.41) is 9.11. The van der Waals surface area contributed by atoms with Crippen molar-refractivity contribution in [2.45, 2.75) is 23.4 Å². The zero-order valence-corrected chi connectivity index (χ0v) is 10.2. The average molecular weight is 290 g/mol. The maximum absolute atomic E-state index is 11.9. The number of nitrogens with zero attached hydrogens (tertiary/aromatic N) is 1. The van der Waals surface area contributed by atoms with Crippen molar-refractivity contribution in [3.05, 3.63) is 11.2 Å². The number of halogens is 3.